The van der Waals surface area contributed by atoms with Crippen LogP contribution in [0.25, 0.3) is 0 Å². The van der Waals surface area contributed by atoms with E-state index in [4.69, 9.17) is 0 Å². The number of H-pyrrole nitrogens is 1. The van der Waals surface area contributed by atoms with Crippen LogP contribution in [0.4, 0.5) is 10.1 Å². The first-order chi connectivity index (χ1) is 13.8. The molecule has 1 heterocycles. The molecule has 0 saturated carbocycles. The van der Waals surface area contributed by atoms with Gasteiger partial charge in [-0.15, -0.1) is 0 Å². The van der Waals surface area contributed by atoms with Crippen molar-refractivity contribution in [1.29, 1.82) is 0 Å². The van der Waals surface area contributed by atoms with Crippen molar-refractivity contribution in [2.45, 2.75) is 40.7 Å². The summed E-state index contributed by atoms with van der Waals surface area (Å²) < 4.78 is 14.3. The number of carbonyl (C=O) groups is 1. The lowest BCUT2D eigenvalue weighted by atomic mass is 10.0. The van der Waals surface area contributed by atoms with Crippen LogP contribution in [0.5, 0.6) is 0 Å². The molecule has 3 aromatic rings. The van der Waals surface area contributed by atoms with Crippen LogP contribution in [0.2, 0.25) is 0 Å². The summed E-state index contributed by atoms with van der Waals surface area (Å²) in [5.74, 6) is -1.42. The predicted molar refractivity (Wildman–Crippen MR) is 114 cm³/mol. The van der Waals surface area contributed by atoms with Crippen LogP contribution < -0.4 is 10.3 Å². The maximum Gasteiger partial charge on any atom is 0.264 e. The van der Waals surface area contributed by atoms with Gasteiger partial charge in [-0.05, 0) is 43.9 Å². The zero-order valence-corrected chi connectivity index (χ0v) is 17.2. The lowest BCUT2D eigenvalue weighted by Gasteiger charge is -2.27. The Labute approximate surface area is 170 Å². The zero-order valence-electron chi connectivity index (χ0n) is 17.2. The lowest BCUT2D eigenvalue weighted by Crippen LogP contribution is -2.37. The van der Waals surface area contributed by atoms with Gasteiger partial charge in [0.25, 0.3) is 5.91 Å². The van der Waals surface area contributed by atoms with Crippen LogP contribution in [-0.4, -0.2) is 10.9 Å². The molecule has 1 N–H and O–H groups in total. The third kappa shape index (κ3) is 3.99. The number of pyridine rings is 1. The molecule has 1 aromatic heterocycles. The molecule has 0 aliphatic heterocycles. The van der Waals surface area contributed by atoms with Gasteiger partial charge in [0.2, 0.25) is 5.43 Å². The fraction of sp³-hybridized carbons (Fsp3) is 0.250. The van der Waals surface area contributed by atoms with Gasteiger partial charge >= 0.3 is 0 Å². The number of rotatable bonds is 5. The van der Waals surface area contributed by atoms with Gasteiger partial charge in [0.1, 0.15) is 5.56 Å². The molecule has 0 atom stereocenters. The average Bonchev–Trinajstić information content (AvgIpc) is 2.71. The molecule has 0 aliphatic rings. The smallest absolute Gasteiger partial charge is 0.264 e. The van der Waals surface area contributed by atoms with Crippen molar-refractivity contribution in [2.24, 2.45) is 0 Å². The molecule has 0 spiro atoms. The van der Waals surface area contributed by atoms with E-state index in [0.29, 0.717) is 5.69 Å². The quantitative estimate of drug-likeness (QED) is 0.675. The second-order valence-corrected chi connectivity index (χ2v) is 7.21. The van der Waals surface area contributed by atoms with Gasteiger partial charge < -0.3 is 9.88 Å². The number of nitrogens with one attached hydrogen (secondary N) is 1. The van der Waals surface area contributed by atoms with E-state index in [1.54, 1.807) is 11.8 Å². The Morgan fingerprint density at radius 1 is 1.00 bits per heavy atom. The summed E-state index contributed by atoms with van der Waals surface area (Å²) in [6.45, 7) is 7.35. The number of benzene rings is 2. The van der Waals surface area contributed by atoms with Crippen molar-refractivity contribution >= 4 is 11.6 Å². The fourth-order valence-corrected chi connectivity index (χ4v) is 3.65. The Balaban J connectivity index is 2.21. The van der Waals surface area contributed by atoms with Crippen LogP contribution >= 0.6 is 0 Å². The summed E-state index contributed by atoms with van der Waals surface area (Å²) in [7, 11) is 0. The van der Waals surface area contributed by atoms with Gasteiger partial charge in [-0.2, -0.15) is 0 Å². The van der Waals surface area contributed by atoms with Crippen LogP contribution in [0.3, 0.4) is 0 Å². The summed E-state index contributed by atoms with van der Waals surface area (Å²) in [5, 5.41) is 0. The Bertz CT molecular complexity index is 1100. The molecular weight excluding hydrogens is 367 g/mol. The number of aryl methyl sites for hydroxylation is 4. The number of halogens is 1. The topological polar surface area (TPSA) is 53.2 Å². The van der Waals surface area contributed by atoms with Gasteiger partial charge in [0.15, 0.2) is 5.82 Å². The van der Waals surface area contributed by atoms with E-state index >= 15 is 0 Å². The maximum atomic E-state index is 14.3. The largest absolute Gasteiger partial charge is 0.359 e. The number of aromatic nitrogens is 1. The highest BCUT2D eigenvalue weighted by Crippen LogP contribution is 2.29. The van der Waals surface area contributed by atoms with E-state index in [2.05, 4.69) is 4.98 Å². The molecule has 4 nitrogen and oxygen atoms in total. The number of aromatic amines is 1. The fourth-order valence-electron chi connectivity index (χ4n) is 3.65. The normalized spacial score (nSPS) is 10.8. The maximum absolute atomic E-state index is 14.3. The molecule has 5 heteroatoms. The van der Waals surface area contributed by atoms with E-state index in [1.165, 1.54) is 6.92 Å². The lowest BCUT2D eigenvalue weighted by molar-refractivity contribution is 0.0982. The molecule has 0 radical (unpaired) electrons. The molecule has 0 aliphatic carbocycles. The predicted octanol–water partition coefficient (Wildman–Crippen LogP) is 4.85. The van der Waals surface area contributed by atoms with Crippen LogP contribution in [0.1, 0.15) is 45.4 Å². The number of para-hydroxylation sites is 1. The summed E-state index contributed by atoms with van der Waals surface area (Å²) >= 11 is 0. The van der Waals surface area contributed by atoms with Gasteiger partial charge in [0.05, 0.1) is 17.9 Å². The Kier molecular flexibility index (Phi) is 5.97. The summed E-state index contributed by atoms with van der Waals surface area (Å²) in [5.41, 5.74) is 3.08. The van der Waals surface area contributed by atoms with Crippen LogP contribution in [0.15, 0.2) is 53.3 Å². The molecular formula is C24H25FN2O2. The first-order valence-corrected chi connectivity index (χ1v) is 9.68. The molecule has 0 fully saturated rings. The first-order valence-electron chi connectivity index (χ1n) is 9.68. The van der Waals surface area contributed by atoms with E-state index in [9.17, 15) is 14.0 Å². The van der Waals surface area contributed by atoms with Crippen molar-refractivity contribution in [2.75, 3.05) is 4.90 Å². The number of anilines is 1. The number of hydrogen-bond acceptors (Lipinski definition) is 2. The molecule has 3 rings (SSSR count). The SMILES string of the molecule is CCc1cccc(C)c1N(Cc1ccccc1)C(=O)c1c(C)[nH]c(C)c(F)c1=O. The number of amides is 1. The monoisotopic (exact) mass is 392 g/mol. The highest BCUT2D eigenvalue weighted by Gasteiger charge is 2.27. The minimum absolute atomic E-state index is 0.129. The molecule has 0 saturated heterocycles. The minimum atomic E-state index is -0.917. The van der Waals surface area contributed by atoms with E-state index in [-0.39, 0.29) is 17.8 Å². The average molecular weight is 392 g/mol. The van der Waals surface area contributed by atoms with Crippen molar-refractivity contribution in [3.05, 3.63) is 98.2 Å². The van der Waals surface area contributed by atoms with E-state index in [0.717, 1.165) is 28.8 Å². The Hall–Kier alpha value is -3.21. The standard InChI is InChI=1S/C24H25FN2O2/c1-5-19-13-9-10-15(2)22(19)27(14-18-11-7-6-8-12-18)24(29)20-16(3)26-17(4)21(25)23(20)28/h6-13H,5,14H2,1-4H3,(H,26,28). The molecule has 0 unspecified atom stereocenters. The second kappa shape index (κ2) is 8.43. The Morgan fingerprint density at radius 3 is 2.34 bits per heavy atom. The van der Waals surface area contributed by atoms with Crippen LogP contribution in [-0.2, 0) is 13.0 Å². The van der Waals surface area contributed by atoms with Crippen molar-refractivity contribution in [3.8, 4) is 0 Å². The number of hydrogen-bond donors (Lipinski definition) is 1. The van der Waals surface area contributed by atoms with E-state index < -0.39 is 17.2 Å². The minimum Gasteiger partial charge on any atom is -0.359 e. The number of carbonyl (C=O) groups excluding carboxylic acids is 1. The molecule has 29 heavy (non-hydrogen) atoms. The summed E-state index contributed by atoms with van der Waals surface area (Å²) in [4.78, 5) is 30.7. The molecule has 150 valence electrons. The highest BCUT2D eigenvalue weighted by molar-refractivity contribution is 6.07. The van der Waals surface area contributed by atoms with Gasteiger partial charge in [0, 0.05) is 5.69 Å². The van der Waals surface area contributed by atoms with Crippen molar-refractivity contribution < 1.29 is 9.18 Å². The third-order valence-corrected chi connectivity index (χ3v) is 5.12. The molecule has 2 aromatic carbocycles. The van der Waals surface area contributed by atoms with Crippen molar-refractivity contribution in [1.82, 2.24) is 4.98 Å². The number of nitrogens with zero attached hydrogens (tertiary/aromatic N) is 1. The Morgan fingerprint density at radius 2 is 1.69 bits per heavy atom. The molecule has 1 amide bonds. The van der Waals surface area contributed by atoms with Crippen molar-refractivity contribution in [3.63, 3.8) is 0 Å². The molecule has 0 bridgehead atoms. The summed E-state index contributed by atoms with van der Waals surface area (Å²) in [6, 6.07) is 15.4. The van der Waals surface area contributed by atoms with Gasteiger partial charge in [-0.1, -0.05) is 55.5 Å². The third-order valence-electron chi connectivity index (χ3n) is 5.12. The van der Waals surface area contributed by atoms with Crippen LogP contribution in [0, 0.1) is 26.6 Å². The van der Waals surface area contributed by atoms with Gasteiger partial charge in [-0.3, -0.25) is 9.59 Å². The van der Waals surface area contributed by atoms with E-state index in [1.807, 2.05) is 62.4 Å². The second-order valence-electron chi connectivity index (χ2n) is 7.21. The zero-order chi connectivity index (χ0) is 21.1. The van der Waals surface area contributed by atoms with Gasteiger partial charge in [-0.25, -0.2) is 4.39 Å². The first kappa shape index (κ1) is 20.5. The summed E-state index contributed by atoms with van der Waals surface area (Å²) in [6.07, 6.45) is 0.729. The highest BCUT2D eigenvalue weighted by atomic mass is 19.1.